The molecule has 1 rings (SSSR count). The highest BCUT2D eigenvalue weighted by atomic mass is 32.2. The molecule has 1 aromatic carbocycles. The molecule has 0 spiro atoms. The molecule has 0 bridgehead atoms. The highest BCUT2D eigenvalue weighted by Gasteiger charge is 2.36. The molecule has 1 aromatic rings. The van der Waals surface area contributed by atoms with Crippen LogP contribution in [0.2, 0.25) is 0 Å². The van der Waals surface area contributed by atoms with Crippen molar-refractivity contribution in [3.8, 4) is 0 Å². The number of non-ortho nitro benzene ring substituents is 1. The van der Waals surface area contributed by atoms with Crippen LogP contribution >= 0.6 is 11.8 Å². The number of hydrogen-bond acceptors (Lipinski definition) is 4. The van der Waals surface area contributed by atoms with Crippen LogP contribution in [0.4, 0.5) is 18.9 Å². The fraction of sp³-hybridized carbons (Fsp3) is 0.364. The van der Waals surface area contributed by atoms with Crippen molar-refractivity contribution in [3.63, 3.8) is 0 Å². The van der Waals surface area contributed by atoms with Gasteiger partial charge in [0.05, 0.1) is 10.5 Å². The third-order valence-corrected chi connectivity index (χ3v) is 3.82. The topological polar surface area (TPSA) is 80.4 Å². The molecule has 0 heterocycles. The molecule has 0 aliphatic rings. The molecular weight excluding hydrogens is 299 g/mol. The zero-order valence-electron chi connectivity index (χ0n) is 10.2. The van der Waals surface area contributed by atoms with E-state index in [2.05, 4.69) is 0 Å². The summed E-state index contributed by atoms with van der Waals surface area (Å²) in [6.45, 7) is 1.53. The van der Waals surface area contributed by atoms with Crippen molar-refractivity contribution in [2.24, 2.45) is 0 Å². The van der Waals surface area contributed by atoms with Crippen LogP contribution in [0, 0.1) is 10.1 Å². The maximum Gasteiger partial charge on any atom is 0.417 e. The lowest BCUT2D eigenvalue weighted by Gasteiger charge is -2.15. The van der Waals surface area contributed by atoms with E-state index in [1.807, 2.05) is 0 Å². The minimum absolute atomic E-state index is 0.133. The predicted octanol–water partition coefficient (Wildman–Crippen LogP) is 3.57. The first-order chi connectivity index (χ1) is 9.16. The Morgan fingerprint density at radius 1 is 1.50 bits per heavy atom. The summed E-state index contributed by atoms with van der Waals surface area (Å²) in [5.74, 6) is -1.23. The number of carboxylic acid groups (broad SMARTS) is 1. The van der Waals surface area contributed by atoms with Gasteiger partial charge in [-0.15, -0.1) is 11.8 Å². The Balaban J connectivity index is 3.25. The molecule has 0 aliphatic heterocycles. The molecule has 1 N–H and O–H groups in total. The van der Waals surface area contributed by atoms with Gasteiger partial charge in [0.2, 0.25) is 0 Å². The number of rotatable bonds is 5. The number of halogens is 3. The van der Waals surface area contributed by atoms with E-state index in [0.29, 0.717) is 17.8 Å². The zero-order chi connectivity index (χ0) is 15.5. The summed E-state index contributed by atoms with van der Waals surface area (Å²) in [4.78, 5) is 20.1. The average molecular weight is 309 g/mol. The van der Waals surface area contributed by atoms with Crippen molar-refractivity contribution in [2.75, 3.05) is 0 Å². The summed E-state index contributed by atoms with van der Waals surface area (Å²) in [6, 6.07) is 2.26. The van der Waals surface area contributed by atoms with Gasteiger partial charge in [-0.05, 0) is 12.5 Å². The first kappa shape index (κ1) is 16.3. The van der Waals surface area contributed by atoms with E-state index in [1.165, 1.54) is 6.92 Å². The van der Waals surface area contributed by atoms with Crippen molar-refractivity contribution in [3.05, 3.63) is 33.9 Å². The molecule has 0 saturated heterocycles. The number of aliphatic carboxylic acids is 1. The van der Waals surface area contributed by atoms with E-state index in [4.69, 9.17) is 5.11 Å². The second-order valence-electron chi connectivity index (χ2n) is 3.79. The highest BCUT2D eigenvalue weighted by Crippen LogP contribution is 2.40. The second kappa shape index (κ2) is 6.12. The predicted molar refractivity (Wildman–Crippen MR) is 65.7 cm³/mol. The first-order valence-corrected chi connectivity index (χ1v) is 6.29. The van der Waals surface area contributed by atoms with Crippen LogP contribution in [-0.4, -0.2) is 21.2 Å². The van der Waals surface area contributed by atoms with Crippen molar-refractivity contribution in [1.82, 2.24) is 0 Å². The van der Waals surface area contributed by atoms with Crippen molar-refractivity contribution < 1.29 is 28.0 Å². The van der Waals surface area contributed by atoms with Crippen molar-refractivity contribution in [2.45, 2.75) is 29.7 Å². The molecule has 20 heavy (non-hydrogen) atoms. The summed E-state index contributed by atoms with van der Waals surface area (Å²) in [5, 5.41) is 18.3. The number of hydrogen-bond donors (Lipinski definition) is 1. The Labute approximate surface area is 115 Å². The molecular formula is C11H10F3NO4S. The van der Waals surface area contributed by atoms with Gasteiger partial charge in [-0.1, -0.05) is 6.92 Å². The minimum atomic E-state index is -4.79. The Morgan fingerprint density at radius 3 is 2.50 bits per heavy atom. The second-order valence-corrected chi connectivity index (χ2v) is 5.03. The smallest absolute Gasteiger partial charge is 0.417 e. The largest absolute Gasteiger partial charge is 0.480 e. The molecule has 0 amide bonds. The van der Waals surface area contributed by atoms with Gasteiger partial charge < -0.3 is 5.11 Å². The van der Waals surface area contributed by atoms with Crippen molar-refractivity contribution >= 4 is 23.4 Å². The Kier molecular flexibility index (Phi) is 4.98. The molecule has 1 unspecified atom stereocenters. The summed E-state index contributed by atoms with van der Waals surface area (Å²) >= 11 is 0.529. The van der Waals surface area contributed by atoms with Crippen LogP contribution in [-0.2, 0) is 11.0 Å². The van der Waals surface area contributed by atoms with E-state index in [1.54, 1.807) is 0 Å². The summed E-state index contributed by atoms with van der Waals surface area (Å²) in [7, 11) is 0. The maximum absolute atomic E-state index is 12.9. The Bertz CT molecular complexity index is 533. The van der Waals surface area contributed by atoms with Crippen molar-refractivity contribution in [1.29, 1.82) is 0 Å². The SMILES string of the molecule is CCC(Sc1ccc([N+](=O)[O-])cc1C(F)(F)F)C(=O)O. The van der Waals surface area contributed by atoms with Crippen LogP contribution < -0.4 is 0 Å². The van der Waals surface area contributed by atoms with E-state index < -0.39 is 33.6 Å². The fourth-order valence-corrected chi connectivity index (χ4v) is 2.44. The van der Waals surface area contributed by atoms with E-state index in [0.717, 1.165) is 12.1 Å². The van der Waals surface area contributed by atoms with Gasteiger partial charge in [0.25, 0.3) is 5.69 Å². The number of nitro groups is 1. The number of nitro benzene ring substituents is 1. The molecule has 110 valence electrons. The number of benzene rings is 1. The van der Waals surface area contributed by atoms with Gasteiger partial charge in [0.1, 0.15) is 5.25 Å². The fourth-order valence-electron chi connectivity index (χ4n) is 1.42. The highest BCUT2D eigenvalue weighted by molar-refractivity contribution is 8.00. The number of alkyl halides is 3. The lowest BCUT2D eigenvalue weighted by molar-refractivity contribution is -0.385. The van der Waals surface area contributed by atoms with Crippen LogP contribution in [0.1, 0.15) is 18.9 Å². The van der Waals surface area contributed by atoms with Gasteiger partial charge >= 0.3 is 12.1 Å². The summed E-state index contributed by atoms with van der Waals surface area (Å²) in [6.07, 6.45) is -4.65. The number of thioether (sulfide) groups is 1. The third kappa shape index (κ3) is 3.86. The molecule has 1 atom stereocenters. The molecule has 0 aromatic heterocycles. The summed E-state index contributed by atoms with van der Waals surface area (Å²) < 4.78 is 38.6. The maximum atomic E-state index is 12.9. The number of carboxylic acids is 1. The lowest BCUT2D eigenvalue weighted by Crippen LogP contribution is -2.16. The lowest BCUT2D eigenvalue weighted by atomic mass is 10.2. The monoisotopic (exact) mass is 309 g/mol. The average Bonchev–Trinajstić information content (AvgIpc) is 2.34. The van der Waals surface area contributed by atoms with Gasteiger partial charge in [0.15, 0.2) is 0 Å². The van der Waals surface area contributed by atoms with Gasteiger partial charge in [-0.2, -0.15) is 13.2 Å². The first-order valence-electron chi connectivity index (χ1n) is 5.42. The molecule has 0 aliphatic carbocycles. The third-order valence-electron chi connectivity index (χ3n) is 2.39. The van der Waals surface area contributed by atoms with E-state index in [9.17, 15) is 28.1 Å². The number of carbonyl (C=O) groups is 1. The van der Waals surface area contributed by atoms with Gasteiger partial charge in [-0.25, -0.2) is 0 Å². The standard InChI is InChI=1S/C11H10F3NO4S/c1-2-8(10(16)17)20-9-4-3-6(15(18)19)5-7(9)11(12,13)14/h3-5,8H,2H2,1H3,(H,16,17). The van der Waals surface area contributed by atoms with Crippen LogP contribution in [0.25, 0.3) is 0 Å². The molecule has 5 nitrogen and oxygen atoms in total. The number of nitrogens with zero attached hydrogens (tertiary/aromatic N) is 1. The van der Waals surface area contributed by atoms with Crippen LogP contribution in [0.15, 0.2) is 23.1 Å². The van der Waals surface area contributed by atoms with E-state index in [-0.39, 0.29) is 11.3 Å². The van der Waals surface area contributed by atoms with Gasteiger partial charge in [0, 0.05) is 17.0 Å². The van der Waals surface area contributed by atoms with E-state index >= 15 is 0 Å². The van der Waals surface area contributed by atoms with Crippen LogP contribution in [0.5, 0.6) is 0 Å². The summed E-state index contributed by atoms with van der Waals surface area (Å²) in [5.41, 5.74) is -1.89. The van der Waals surface area contributed by atoms with Crippen LogP contribution in [0.3, 0.4) is 0 Å². The molecule has 0 fully saturated rings. The molecule has 0 radical (unpaired) electrons. The Morgan fingerprint density at radius 2 is 2.10 bits per heavy atom. The molecule has 0 saturated carbocycles. The molecule has 9 heteroatoms. The minimum Gasteiger partial charge on any atom is -0.480 e. The normalized spacial score (nSPS) is 13.0. The Hall–Kier alpha value is -1.77. The van der Waals surface area contributed by atoms with Gasteiger partial charge in [-0.3, -0.25) is 14.9 Å². The quantitative estimate of drug-likeness (QED) is 0.511. The zero-order valence-corrected chi connectivity index (χ0v) is 11.0.